The summed E-state index contributed by atoms with van der Waals surface area (Å²) in [5.41, 5.74) is 3.09. The van der Waals surface area contributed by atoms with Gasteiger partial charge in [-0.15, -0.1) is 0 Å². The minimum absolute atomic E-state index is 0.0178. The number of aliphatic carboxylic acids is 1. The first kappa shape index (κ1) is 13.2. The van der Waals surface area contributed by atoms with Crippen LogP contribution in [0.25, 0.3) is 11.0 Å². The number of fused-ring (bicyclic) bond motifs is 1. The van der Waals surface area contributed by atoms with E-state index in [9.17, 15) is 9.90 Å². The molecule has 0 spiro atoms. The van der Waals surface area contributed by atoms with Gasteiger partial charge in [0.15, 0.2) is 0 Å². The molecule has 3 atom stereocenters. The van der Waals surface area contributed by atoms with Gasteiger partial charge >= 0.3 is 5.97 Å². The number of carboxylic acids is 1. The molecule has 4 heteroatoms. The maximum absolute atomic E-state index is 11.5. The Hall–Kier alpha value is -1.84. The van der Waals surface area contributed by atoms with Crippen molar-refractivity contribution in [3.8, 4) is 0 Å². The standard InChI is InChI=1S/C16H20N2O2/c1-3-10-7-11(12(8-10)16(19)20)15-17-13-6-4-5-9(2)14(13)18-15/h4-6,10-12H,3,7-8H2,1-2H3,(H,17,18)(H,19,20). The van der Waals surface area contributed by atoms with Crippen LogP contribution in [-0.2, 0) is 4.79 Å². The van der Waals surface area contributed by atoms with E-state index < -0.39 is 5.97 Å². The number of aromatic nitrogens is 2. The molecule has 1 aromatic carbocycles. The van der Waals surface area contributed by atoms with Crippen LogP contribution in [0.5, 0.6) is 0 Å². The molecule has 4 nitrogen and oxygen atoms in total. The van der Waals surface area contributed by atoms with Crippen LogP contribution in [0, 0.1) is 18.8 Å². The van der Waals surface area contributed by atoms with E-state index in [4.69, 9.17) is 0 Å². The van der Waals surface area contributed by atoms with Gasteiger partial charge in [-0.05, 0) is 37.3 Å². The van der Waals surface area contributed by atoms with Crippen molar-refractivity contribution >= 4 is 17.0 Å². The molecule has 0 aliphatic heterocycles. The van der Waals surface area contributed by atoms with Crippen molar-refractivity contribution in [2.24, 2.45) is 11.8 Å². The summed E-state index contributed by atoms with van der Waals surface area (Å²) in [6, 6.07) is 6.03. The van der Waals surface area contributed by atoms with Gasteiger partial charge in [0.05, 0.1) is 17.0 Å². The summed E-state index contributed by atoms with van der Waals surface area (Å²) in [6.45, 7) is 4.17. The second kappa shape index (κ2) is 4.93. The average Bonchev–Trinajstić information content (AvgIpc) is 3.02. The molecular weight excluding hydrogens is 252 g/mol. The first-order chi connectivity index (χ1) is 9.60. The van der Waals surface area contributed by atoms with Crippen LogP contribution in [0.3, 0.4) is 0 Å². The van der Waals surface area contributed by atoms with E-state index in [1.807, 2.05) is 25.1 Å². The molecule has 1 saturated carbocycles. The third-order valence-corrected chi connectivity index (χ3v) is 4.64. The zero-order valence-corrected chi connectivity index (χ0v) is 11.9. The first-order valence-electron chi connectivity index (χ1n) is 7.28. The number of rotatable bonds is 3. The highest BCUT2D eigenvalue weighted by molar-refractivity contribution is 5.79. The number of imidazole rings is 1. The molecule has 0 bridgehead atoms. The van der Waals surface area contributed by atoms with Crippen molar-refractivity contribution in [1.29, 1.82) is 0 Å². The molecule has 0 saturated heterocycles. The number of hydrogen-bond donors (Lipinski definition) is 2. The van der Waals surface area contributed by atoms with Gasteiger partial charge in [-0.25, -0.2) is 4.98 Å². The predicted octanol–water partition coefficient (Wildman–Crippen LogP) is 3.48. The molecule has 0 amide bonds. The highest BCUT2D eigenvalue weighted by atomic mass is 16.4. The highest BCUT2D eigenvalue weighted by Gasteiger charge is 2.40. The van der Waals surface area contributed by atoms with Crippen molar-refractivity contribution < 1.29 is 9.90 Å². The Morgan fingerprint density at radius 2 is 2.25 bits per heavy atom. The summed E-state index contributed by atoms with van der Waals surface area (Å²) in [6.07, 6.45) is 2.73. The molecule has 2 aromatic rings. The monoisotopic (exact) mass is 272 g/mol. The lowest BCUT2D eigenvalue weighted by molar-refractivity contribution is -0.142. The normalized spacial score (nSPS) is 26.2. The van der Waals surface area contributed by atoms with Crippen molar-refractivity contribution in [2.45, 2.75) is 39.0 Å². The molecule has 1 heterocycles. The maximum Gasteiger partial charge on any atom is 0.307 e. The molecule has 3 unspecified atom stereocenters. The lowest BCUT2D eigenvalue weighted by Crippen LogP contribution is -2.17. The average molecular weight is 272 g/mol. The molecule has 1 aromatic heterocycles. The third kappa shape index (κ3) is 2.09. The molecule has 1 aliphatic carbocycles. The van der Waals surface area contributed by atoms with Gasteiger partial charge in [-0.1, -0.05) is 25.5 Å². The van der Waals surface area contributed by atoms with E-state index in [1.54, 1.807) is 0 Å². The minimum Gasteiger partial charge on any atom is -0.481 e. The molecule has 20 heavy (non-hydrogen) atoms. The fraction of sp³-hybridized carbons (Fsp3) is 0.500. The zero-order chi connectivity index (χ0) is 14.3. The largest absolute Gasteiger partial charge is 0.481 e. The number of benzene rings is 1. The lowest BCUT2D eigenvalue weighted by atomic mass is 9.96. The van der Waals surface area contributed by atoms with Crippen LogP contribution in [0.2, 0.25) is 0 Å². The number of aryl methyl sites for hydroxylation is 1. The van der Waals surface area contributed by atoms with Crippen molar-refractivity contribution in [2.75, 3.05) is 0 Å². The predicted molar refractivity (Wildman–Crippen MR) is 77.7 cm³/mol. The number of hydrogen-bond acceptors (Lipinski definition) is 2. The van der Waals surface area contributed by atoms with E-state index in [-0.39, 0.29) is 11.8 Å². The Morgan fingerprint density at radius 3 is 2.90 bits per heavy atom. The summed E-state index contributed by atoms with van der Waals surface area (Å²) in [5, 5.41) is 9.45. The molecule has 1 aliphatic rings. The smallest absolute Gasteiger partial charge is 0.307 e. The Balaban J connectivity index is 2.00. The molecule has 3 rings (SSSR count). The minimum atomic E-state index is -0.692. The first-order valence-corrected chi connectivity index (χ1v) is 7.28. The van der Waals surface area contributed by atoms with Crippen LogP contribution >= 0.6 is 0 Å². The molecule has 2 N–H and O–H groups in total. The fourth-order valence-corrected chi connectivity index (χ4v) is 3.42. The summed E-state index contributed by atoms with van der Waals surface area (Å²) in [4.78, 5) is 19.5. The zero-order valence-electron chi connectivity index (χ0n) is 11.9. The van der Waals surface area contributed by atoms with Gasteiger partial charge in [0.2, 0.25) is 0 Å². The SMILES string of the molecule is CCC1CC(C(=O)O)C(c2nc3c(C)cccc3[nH]2)C1. The Labute approximate surface area is 118 Å². The number of para-hydroxylation sites is 1. The van der Waals surface area contributed by atoms with Crippen molar-refractivity contribution in [3.05, 3.63) is 29.6 Å². The van der Waals surface area contributed by atoms with Gasteiger partial charge in [-0.3, -0.25) is 4.79 Å². The summed E-state index contributed by atoms with van der Waals surface area (Å²) < 4.78 is 0. The fourth-order valence-electron chi connectivity index (χ4n) is 3.42. The van der Waals surface area contributed by atoms with Crippen LogP contribution in [0.1, 0.15) is 43.5 Å². The molecule has 1 fully saturated rings. The number of aromatic amines is 1. The van der Waals surface area contributed by atoms with E-state index in [1.165, 1.54) is 0 Å². The topological polar surface area (TPSA) is 66.0 Å². The van der Waals surface area contributed by atoms with Crippen LogP contribution < -0.4 is 0 Å². The van der Waals surface area contributed by atoms with Crippen LogP contribution in [0.15, 0.2) is 18.2 Å². The van der Waals surface area contributed by atoms with Gasteiger partial charge in [0, 0.05) is 5.92 Å². The molecule has 106 valence electrons. The van der Waals surface area contributed by atoms with Gasteiger partial charge < -0.3 is 10.1 Å². The van der Waals surface area contributed by atoms with Crippen molar-refractivity contribution in [3.63, 3.8) is 0 Å². The number of carbonyl (C=O) groups is 1. The van der Waals surface area contributed by atoms with Crippen molar-refractivity contribution in [1.82, 2.24) is 9.97 Å². The van der Waals surface area contributed by atoms with Gasteiger partial charge in [0.25, 0.3) is 0 Å². The van der Waals surface area contributed by atoms with Crippen LogP contribution in [-0.4, -0.2) is 21.0 Å². The van der Waals surface area contributed by atoms with Crippen LogP contribution in [0.4, 0.5) is 0 Å². The van der Waals surface area contributed by atoms with E-state index in [0.717, 1.165) is 41.7 Å². The highest BCUT2D eigenvalue weighted by Crippen LogP contribution is 2.44. The third-order valence-electron chi connectivity index (χ3n) is 4.64. The lowest BCUT2D eigenvalue weighted by Gasteiger charge is -2.12. The van der Waals surface area contributed by atoms with E-state index in [2.05, 4.69) is 16.9 Å². The summed E-state index contributed by atoms with van der Waals surface area (Å²) in [5.74, 6) is 0.362. The van der Waals surface area contributed by atoms with E-state index >= 15 is 0 Å². The van der Waals surface area contributed by atoms with E-state index in [0.29, 0.717) is 5.92 Å². The molecular formula is C16H20N2O2. The number of H-pyrrole nitrogens is 1. The Bertz CT molecular complexity index is 647. The number of nitrogens with one attached hydrogen (secondary N) is 1. The summed E-state index contributed by atoms with van der Waals surface area (Å²) >= 11 is 0. The Morgan fingerprint density at radius 1 is 1.45 bits per heavy atom. The van der Waals surface area contributed by atoms with Gasteiger partial charge in [0.1, 0.15) is 5.82 Å². The second-order valence-corrected chi connectivity index (χ2v) is 5.89. The number of nitrogens with zero attached hydrogens (tertiary/aromatic N) is 1. The quantitative estimate of drug-likeness (QED) is 0.899. The number of carboxylic acid groups (broad SMARTS) is 1. The Kier molecular flexibility index (Phi) is 3.24. The second-order valence-electron chi connectivity index (χ2n) is 5.89. The van der Waals surface area contributed by atoms with Gasteiger partial charge in [-0.2, -0.15) is 0 Å². The summed E-state index contributed by atoms with van der Waals surface area (Å²) in [7, 11) is 0. The molecule has 0 radical (unpaired) electrons. The maximum atomic E-state index is 11.5.